The summed E-state index contributed by atoms with van der Waals surface area (Å²) in [5.41, 5.74) is 1.74. The molecule has 0 fully saturated rings. The molecule has 4 aromatic rings. The van der Waals surface area contributed by atoms with E-state index in [4.69, 9.17) is 4.74 Å². The van der Waals surface area contributed by atoms with Gasteiger partial charge in [-0.1, -0.05) is 0 Å². The number of aryl methyl sites for hydroxylation is 1. The van der Waals surface area contributed by atoms with Crippen LogP contribution in [0.5, 0.6) is 11.6 Å². The van der Waals surface area contributed by atoms with Gasteiger partial charge in [-0.25, -0.2) is 9.37 Å². The van der Waals surface area contributed by atoms with Crippen molar-refractivity contribution in [2.75, 3.05) is 0 Å². The van der Waals surface area contributed by atoms with Crippen LogP contribution in [0.3, 0.4) is 0 Å². The fourth-order valence-corrected chi connectivity index (χ4v) is 3.36. The molecule has 1 radical (unpaired) electrons. The average molecular weight is 408 g/mol. The van der Waals surface area contributed by atoms with Gasteiger partial charge in [-0.2, -0.15) is 14.5 Å². The van der Waals surface area contributed by atoms with Crippen LogP contribution in [0.4, 0.5) is 4.39 Å². The van der Waals surface area contributed by atoms with E-state index in [0.29, 0.717) is 28.6 Å². The number of hydrogen-bond acceptors (Lipinski definition) is 6. The predicted molar refractivity (Wildman–Crippen MR) is 109 cm³/mol. The minimum atomic E-state index is -0.464. The Labute approximate surface area is 172 Å². The fourth-order valence-electron chi connectivity index (χ4n) is 2.66. The summed E-state index contributed by atoms with van der Waals surface area (Å²) in [5.74, 6) is 0.854. The molecule has 4 rings (SSSR count). The average Bonchev–Trinajstić information content (AvgIpc) is 3.33. The number of aromatic nitrogens is 5. The molecule has 0 spiro atoms. The lowest BCUT2D eigenvalue weighted by molar-refractivity contribution is 0.355. The summed E-state index contributed by atoms with van der Waals surface area (Å²) in [4.78, 5) is 9.55. The Balaban J connectivity index is 1.62. The van der Waals surface area contributed by atoms with E-state index < -0.39 is 5.82 Å². The van der Waals surface area contributed by atoms with Crippen molar-refractivity contribution < 1.29 is 9.13 Å². The molecule has 1 aromatic carbocycles. The van der Waals surface area contributed by atoms with Crippen molar-refractivity contribution in [1.82, 2.24) is 24.1 Å². The first-order valence-electron chi connectivity index (χ1n) is 9.01. The summed E-state index contributed by atoms with van der Waals surface area (Å²) in [6, 6.07) is 9.24. The maximum Gasteiger partial charge on any atom is 0.222 e. The first-order valence-corrected chi connectivity index (χ1v) is 9.78. The summed E-state index contributed by atoms with van der Waals surface area (Å²) < 4.78 is 26.3. The van der Waals surface area contributed by atoms with Crippen LogP contribution in [-0.2, 0) is 5.54 Å². The van der Waals surface area contributed by atoms with Gasteiger partial charge in [0.25, 0.3) is 0 Å². The molecule has 0 saturated heterocycles. The zero-order valence-electron chi connectivity index (χ0n) is 16.5. The molecule has 0 atom stereocenters. The highest BCUT2D eigenvalue weighted by Crippen LogP contribution is 2.30. The van der Waals surface area contributed by atoms with Gasteiger partial charge in [-0.3, -0.25) is 4.68 Å². The molecule has 8 heteroatoms. The van der Waals surface area contributed by atoms with Crippen molar-refractivity contribution >= 4 is 11.5 Å². The smallest absolute Gasteiger partial charge is 0.222 e. The second kappa shape index (κ2) is 7.36. The predicted octanol–water partition coefficient (Wildman–Crippen LogP) is 5.26. The van der Waals surface area contributed by atoms with Gasteiger partial charge >= 0.3 is 0 Å². The second-order valence-corrected chi connectivity index (χ2v) is 8.37. The van der Waals surface area contributed by atoms with Gasteiger partial charge in [0.2, 0.25) is 5.88 Å². The number of nitrogens with zero attached hydrogens (tertiary/aromatic N) is 5. The van der Waals surface area contributed by atoms with Gasteiger partial charge in [-0.05, 0) is 57.4 Å². The summed E-state index contributed by atoms with van der Waals surface area (Å²) in [6.45, 7) is 8.01. The van der Waals surface area contributed by atoms with Gasteiger partial charge in [0, 0.05) is 35.7 Å². The molecule has 0 aliphatic carbocycles. The van der Waals surface area contributed by atoms with Crippen molar-refractivity contribution in [3.05, 3.63) is 60.4 Å². The Bertz CT molecular complexity index is 1160. The maximum atomic E-state index is 14.4. The molecule has 3 aromatic heterocycles. The van der Waals surface area contributed by atoms with Crippen molar-refractivity contribution in [3.8, 4) is 33.5 Å². The van der Waals surface area contributed by atoms with E-state index in [9.17, 15) is 4.39 Å². The summed E-state index contributed by atoms with van der Waals surface area (Å²) >= 11 is 1.33. The summed E-state index contributed by atoms with van der Waals surface area (Å²) in [7, 11) is 0. The minimum absolute atomic E-state index is 0.196. The van der Waals surface area contributed by atoms with E-state index >= 15 is 0 Å². The Morgan fingerprint density at radius 1 is 1.24 bits per heavy atom. The Kier molecular flexibility index (Phi) is 4.87. The van der Waals surface area contributed by atoms with Gasteiger partial charge in [-0.15, -0.1) is 0 Å². The molecular weight excluding hydrogens is 389 g/mol. The first-order chi connectivity index (χ1) is 13.8. The van der Waals surface area contributed by atoms with Crippen LogP contribution in [0.15, 0.2) is 42.9 Å². The van der Waals surface area contributed by atoms with Crippen molar-refractivity contribution in [3.63, 3.8) is 0 Å². The molecule has 0 unspecified atom stereocenters. The lowest BCUT2D eigenvalue weighted by Gasteiger charge is -2.18. The topological polar surface area (TPSA) is 65.7 Å². The Morgan fingerprint density at radius 3 is 2.76 bits per heavy atom. The number of hydrogen-bond donors (Lipinski definition) is 0. The molecule has 0 bridgehead atoms. The van der Waals surface area contributed by atoms with E-state index in [0.717, 1.165) is 10.6 Å². The quantitative estimate of drug-likeness (QED) is 0.461. The van der Waals surface area contributed by atoms with Gasteiger partial charge in [0.1, 0.15) is 11.6 Å². The van der Waals surface area contributed by atoms with E-state index in [1.54, 1.807) is 29.2 Å². The number of halogens is 1. The van der Waals surface area contributed by atoms with E-state index in [2.05, 4.69) is 25.5 Å². The van der Waals surface area contributed by atoms with Crippen LogP contribution in [0.25, 0.3) is 21.8 Å². The van der Waals surface area contributed by atoms with Crippen molar-refractivity contribution in [2.45, 2.75) is 33.2 Å². The van der Waals surface area contributed by atoms with Gasteiger partial charge in [0.15, 0.2) is 5.82 Å². The lowest BCUT2D eigenvalue weighted by atomic mass is 10.1. The van der Waals surface area contributed by atoms with Crippen LogP contribution >= 0.6 is 11.5 Å². The zero-order valence-corrected chi connectivity index (χ0v) is 17.3. The molecule has 6 nitrogen and oxygen atoms in total. The zero-order chi connectivity index (χ0) is 20.6. The highest BCUT2D eigenvalue weighted by atomic mass is 32.1. The summed E-state index contributed by atoms with van der Waals surface area (Å²) in [5, 5.41) is 4.34. The second-order valence-electron chi connectivity index (χ2n) is 7.56. The molecule has 0 aliphatic heterocycles. The van der Waals surface area contributed by atoms with Crippen molar-refractivity contribution in [2.24, 2.45) is 0 Å². The van der Waals surface area contributed by atoms with Gasteiger partial charge in [0.05, 0.1) is 22.3 Å². The number of ether oxygens (including phenoxy) is 1. The highest BCUT2D eigenvalue weighted by Gasteiger charge is 2.17. The largest absolute Gasteiger partial charge is 0.439 e. The maximum absolute atomic E-state index is 14.4. The highest BCUT2D eigenvalue weighted by molar-refractivity contribution is 7.09. The van der Waals surface area contributed by atoms with E-state index in [1.165, 1.54) is 17.6 Å². The van der Waals surface area contributed by atoms with Crippen LogP contribution in [0.2, 0.25) is 0 Å². The summed E-state index contributed by atoms with van der Waals surface area (Å²) in [6.07, 6.45) is 5.06. The molecule has 3 heterocycles. The molecule has 29 heavy (non-hydrogen) atoms. The SMILES string of the molecule is Cc1cc(-c2nccc(Oc3c[c]c(F)c(-c4cnn(C(C)(C)C)c4)c3)n2)sn1. The van der Waals surface area contributed by atoms with Crippen LogP contribution in [-0.4, -0.2) is 24.1 Å². The lowest BCUT2D eigenvalue weighted by Crippen LogP contribution is -2.21. The third-order valence-electron chi connectivity index (χ3n) is 4.15. The standard InChI is InChI=1S/C21H19FN5OS/c1-13-9-18(29-26-13)20-23-8-7-19(25-20)28-15-5-6-17(22)16(10-15)14-11-24-27(12-14)21(2,3)4/h5,7-12H,1-4H3. The van der Waals surface area contributed by atoms with Crippen LogP contribution in [0, 0.1) is 18.8 Å². The van der Waals surface area contributed by atoms with Crippen molar-refractivity contribution in [1.29, 1.82) is 0 Å². The molecule has 147 valence electrons. The third kappa shape index (κ3) is 4.17. The molecule has 0 aliphatic rings. The first kappa shape index (κ1) is 19.2. The molecule has 0 N–H and O–H groups in total. The molecule has 0 amide bonds. The van der Waals surface area contributed by atoms with Gasteiger partial charge < -0.3 is 4.74 Å². The Morgan fingerprint density at radius 2 is 2.07 bits per heavy atom. The molecule has 0 saturated carbocycles. The fraction of sp³-hybridized carbons (Fsp3) is 0.238. The minimum Gasteiger partial charge on any atom is -0.439 e. The monoisotopic (exact) mass is 408 g/mol. The number of rotatable bonds is 4. The van der Waals surface area contributed by atoms with Crippen LogP contribution < -0.4 is 4.74 Å². The van der Waals surface area contributed by atoms with Crippen LogP contribution in [0.1, 0.15) is 26.5 Å². The Hall–Kier alpha value is -3.13. The normalized spacial score (nSPS) is 11.6. The van der Waals surface area contributed by atoms with E-state index in [-0.39, 0.29) is 5.54 Å². The number of benzene rings is 1. The molecular formula is C21H19FN5OS. The van der Waals surface area contributed by atoms with E-state index in [1.807, 2.05) is 40.0 Å². The third-order valence-corrected chi connectivity index (χ3v) is 5.02.